The maximum Gasteiger partial charge on any atom is 0.416 e. The molecule has 3 saturated carbocycles. The van der Waals surface area contributed by atoms with Gasteiger partial charge in [0, 0.05) is 24.6 Å². The zero-order valence-electron chi connectivity index (χ0n) is 21.2. The Bertz CT molecular complexity index is 1420. The molecular formula is C27H27F4N5O3. The number of benzene rings is 1. The number of nitrogens with one attached hydrogen (secondary N) is 2. The topological polar surface area (TPSA) is 105 Å². The molecule has 0 spiro atoms. The number of nitrogens with zero attached hydrogens (tertiary/aromatic N) is 3. The van der Waals surface area contributed by atoms with Crippen molar-refractivity contribution in [3.05, 3.63) is 64.9 Å². The van der Waals surface area contributed by atoms with Crippen LogP contribution < -0.4 is 10.6 Å². The van der Waals surface area contributed by atoms with Gasteiger partial charge in [0.25, 0.3) is 11.8 Å². The van der Waals surface area contributed by atoms with Crippen molar-refractivity contribution in [2.24, 2.45) is 10.8 Å². The molecule has 6 rings (SSSR count). The van der Waals surface area contributed by atoms with Gasteiger partial charge in [0.15, 0.2) is 11.5 Å². The van der Waals surface area contributed by atoms with Crippen LogP contribution in [0.1, 0.15) is 77.6 Å². The highest BCUT2D eigenvalue weighted by molar-refractivity contribution is 5.98. The third kappa shape index (κ3) is 5.11. The maximum atomic E-state index is 14.4. The van der Waals surface area contributed by atoms with Crippen LogP contribution in [0, 0.1) is 16.6 Å². The van der Waals surface area contributed by atoms with E-state index in [1.807, 2.05) is 0 Å². The Kier molecular flexibility index (Phi) is 6.68. The highest BCUT2D eigenvalue weighted by atomic mass is 19.4. The highest BCUT2D eigenvalue weighted by Crippen LogP contribution is 2.56. The van der Waals surface area contributed by atoms with Gasteiger partial charge < -0.3 is 10.6 Å². The summed E-state index contributed by atoms with van der Waals surface area (Å²) >= 11 is 0. The second kappa shape index (κ2) is 9.73. The second-order valence-electron chi connectivity index (χ2n) is 10.7. The molecule has 3 aromatic rings. The van der Waals surface area contributed by atoms with Gasteiger partial charge in [0.05, 0.1) is 11.8 Å². The second-order valence-corrected chi connectivity index (χ2v) is 10.7. The van der Waals surface area contributed by atoms with E-state index >= 15 is 0 Å². The molecule has 2 bridgehead atoms. The summed E-state index contributed by atoms with van der Waals surface area (Å²) in [6.45, 7) is 1.93. The quantitative estimate of drug-likeness (QED) is 0.426. The van der Waals surface area contributed by atoms with Crippen LogP contribution in [-0.2, 0) is 17.5 Å². The molecule has 0 unspecified atom stereocenters. The Morgan fingerprint density at radius 2 is 1.62 bits per heavy atom. The van der Waals surface area contributed by atoms with E-state index < -0.39 is 29.4 Å². The Labute approximate surface area is 221 Å². The number of hydrogen-bond donors (Lipinski definition) is 2. The summed E-state index contributed by atoms with van der Waals surface area (Å²) < 4.78 is 53.8. The van der Waals surface area contributed by atoms with E-state index in [2.05, 4.69) is 20.7 Å². The predicted octanol–water partition coefficient (Wildman–Crippen LogP) is 4.48. The van der Waals surface area contributed by atoms with E-state index in [0.29, 0.717) is 12.1 Å². The molecule has 0 radical (unpaired) electrons. The highest BCUT2D eigenvalue weighted by Gasteiger charge is 2.50. The largest absolute Gasteiger partial charge is 0.416 e. The number of carbonyl (C=O) groups excluding carboxylic acids is 3. The number of Topliss-reactive ketones (excluding diaryl/α,β-unsaturated/α-hetero) is 1. The van der Waals surface area contributed by atoms with Crippen molar-refractivity contribution in [1.82, 2.24) is 25.2 Å². The number of aromatic nitrogens is 3. The third-order valence-corrected chi connectivity index (χ3v) is 8.40. The maximum absolute atomic E-state index is 14.4. The first-order chi connectivity index (χ1) is 18.4. The molecule has 3 aliphatic rings. The van der Waals surface area contributed by atoms with E-state index in [4.69, 9.17) is 0 Å². The molecule has 206 valence electrons. The van der Waals surface area contributed by atoms with Gasteiger partial charge in [-0.15, -0.1) is 0 Å². The molecule has 3 aliphatic carbocycles. The van der Waals surface area contributed by atoms with Crippen LogP contribution in [0.5, 0.6) is 0 Å². The van der Waals surface area contributed by atoms with E-state index in [9.17, 15) is 31.9 Å². The fourth-order valence-electron chi connectivity index (χ4n) is 5.71. The summed E-state index contributed by atoms with van der Waals surface area (Å²) in [5, 5.41) is 9.34. The number of hydrogen-bond acceptors (Lipinski definition) is 5. The number of ketones is 1. The van der Waals surface area contributed by atoms with Gasteiger partial charge in [-0.25, -0.2) is 13.9 Å². The molecule has 39 heavy (non-hydrogen) atoms. The summed E-state index contributed by atoms with van der Waals surface area (Å²) in [5.41, 5.74) is -1.37. The molecule has 3 fully saturated rings. The zero-order chi connectivity index (χ0) is 28.0. The first kappa shape index (κ1) is 26.8. The van der Waals surface area contributed by atoms with E-state index in [1.54, 1.807) is 6.92 Å². The summed E-state index contributed by atoms with van der Waals surface area (Å²) in [6.07, 6.45) is 1.29. The lowest BCUT2D eigenvalue weighted by molar-refractivity contribution is -0.137. The lowest BCUT2D eigenvalue weighted by Gasteiger charge is -2.52. The van der Waals surface area contributed by atoms with Gasteiger partial charge in [-0.3, -0.25) is 14.4 Å². The average molecular weight is 546 g/mol. The van der Waals surface area contributed by atoms with Crippen LogP contribution in [0.25, 0.3) is 5.65 Å². The SMILES string of the molecule is CC(=O)C12CCC(CNC(=O)c3cc(C(=O)NCc4ccc(C(F)(F)F)cc4)nc4c(F)cnn34)(CC1)CC2. The molecule has 0 saturated heterocycles. The van der Waals surface area contributed by atoms with Crippen molar-refractivity contribution >= 4 is 23.2 Å². The van der Waals surface area contributed by atoms with Crippen molar-refractivity contribution in [3.8, 4) is 0 Å². The van der Waals surface area contributed by atoms with Gasteiger partial charge in [-0.2, -0.15) is 18.3 Å². The number of amides is 2. The fourth-order valence-corrected chi connectivity index (χ4v) is 5.71. The Balaban J connectivity index is 1.29. The van der Waals surface area contributed by atoms with Crippen molar-refractivity contribution in [1.29, 1.82) is 0 Å². The number of rotatable bonds is 7. The molecule has 2 heterocycles. The van der Waals surface area contributed by atoms with Crippen LogP contribution in [-0.4, -0.2) is 38.7 Å². The number of halogens is 4. The molecule has 2 amide bonds. The Hall–Kier alpha value is -3.83. The summed E-state index contributed by atoms with van der Waals surface area (Å²) in [4.78, 5) is 42.2. The Morgan fingerprint density at radius 3 is 2.21 bits per heavy atom. The summed E-state index contributed by atoms with van der Waals surface area (Å²) in [7, 11) is 0. The number of alkyl halides is 3. The van der Waals surface area contributed by atoms with E-state index in [1.165, 1.54) is 18.2 Å². The van der Waals surface area contributed by atoms with E-state index in [-0.39, 0.29) is 40.2 Å². The van der Waals surface area contributed by atoms with Crippen LogP contribution in [0.3, 0.4) is 0 Å². The monoisotopic (exact) mass is 545 g/mol. The molecular weight excluding hydrogens is 518 g/mol. The third-order valence-electron chi connectivity index (χ3n) is 8.40. The van der Waals surface area contributed by atoms with Crippen LogP contribution in [0.2, 0.25) is 0 Å². The van der Waals surface area contributed by atoms with Crippen molar-refractivity contribution in [2.45, 2.75) is 58.2 Å². The van der Waals surface area contributed by atoms with Crippen molar-refractivity contribution < 1.29 is 31.9 Å². The summed E-state index contributed by atoms with van der Waals surface area (Å²) in [6, 6.07) is 5.51. The first-order valence-electron chi connectivity index (χ1n) is 12.7. The normalized spacial score (nSPS) is 22.6. The number of carbonyl (C=O) groups is 3. The van der Waals surface area contributed by atoms with Gasteiger partial charge in [0.1, 0.15) is 17.2 Å². The Morgan fingerprint density at radius 1 is 0.974 bits per heavy atom. The lowest BCUT2D eigenvalue weighted by atomic mass is 9.52. The minimum Gasteiger partial charge on any atom is -0.350 e. The molecule has 0 aliphatic heterocycles. The van der Waals surface area contributed by atoms with Gasteiger partial charge in [-0.1, -0.05) is 12.1 Å². The minimum absolute atomic E-state index is 0.0790. The number of fused-ring (bicyclic) bond motifs is 4. The van der Waals surface area contributed by atoms with Crippen molar-refractivity contribution in [3.63, 3.8) is 0 Å². The smallest absolute Gasteiger partial charge is 0.350 e. The summed E-state index contributed by atoms with van der Waals surface area (Å²) in [5.74, 6) is -1.87. The molecule has 2 aromatic heterocycles. The molecule has 0 atom stereocenters. The average Bonchev–Trinajstić information content (AvgIpc) is 3.31. The minimum atomic E-state index is -4.47. The first-order valence-corrected chi connectivity index (χ1v) is 12.7. The predicted molar refractivity (Wildman–Crippen MR) is 131 cm³/mol. The van der Waals surface area contributed by atoms with Gasteiger partial charge in [-0.05, 0) is 68.6 Å². The van der Waals surface area contributed by atoms with E-state index in [0.717, 1.165) is 61.4 Å². The van der Waals surface area contributed by atoms with Gasteiger partial charge in [0.2, 0.25) is 0 Å². The van der Waals surface area contributed by atoms with Crippen LogP contribution in [0.4, 0.5) is 17.6 Å². The van der Waals surface area contributed by atoms with Crippen LogP contribution in [0.15, 0.2) is 36.5 Å². The lowest BCUT2D eigenvalue weighted by Crippen LogP contribution is -2.49. The fraction of sp³-hybridized carbons (Fsp3) is 0.444. The molecule has 2 N–H and O–H groups in total. The van der Waals surface area contributed by atoms with Gasteiger partial charge >= 0.3 is 6.18 Å². The zero-order valence-corrected chi connectivity index (χ0v) is 21.2. The molecule has 8 nitrogen and oxygen atoms in total. The standard InChI is InChI=1S/C27H27F4N5O3/c1-16(37)26-9-6-25(7-10-26,8-11-26)15-33-24(39)21-12-20(35-22-19(28)14-34-36(21)22)23(38)32-13-17-2-4-18(5-3-17)27(29,30)31/h2-5,12,14H,6-11,13,15H2,1H3,(H,32,38)(H,33,39). The molecule has 12 heteroatoms. The molecule has 1 aromatic carbocycles. The van der Waals surface area contributed by atoms with Crippen LogP contribution >= 0.6 is 0 Å². The van der Waals surface area contributed by atoms with Crippen molar-refractivity contribution in [2.75, 3.05) is 6.54 Å².